The Morgan fingerprint density at radius 2 is 1.74 bits per heavy atom. The molecule has 0 radical (unpaired) electrons. The number of nitrogens with zero attached hydrogens (tertiary/aromatic N) is 1. The molecule has 2 rings (SSSR count). The fourth-order valence-corrected chi connectivity index (χ4v) is 2.84. The van der Waals surface area contributed by atoms with Crippen LogP contribution in [0.2, 0.25) is 0 Å². The average molecular weight is 319 g/mol. The van der Waals surface area contributed by atoms with Crippen molar-refractivity contribution in [2.24, 2.45) is 0 Å². The Bertz CT molecular complexity index is 499. The molecule has 1 heterocycles. The highest BCUT2D eigenvalue weighted by Crippen LogP contribution is 2.17. The molecule has 0 saturated heterocycles. The molecule has 0 aliphatic heterocycles. The summed E-state index contributed by atoms with van der Waals surface area (Å²) in [7, 11) is 0. The zero-order chi connectivity index (χ0) is 16.5. The number of carbonyl (C=O) groups is 2. The van der Waals surface area contributed by atoms with Crippen LogP contribution in [0.5, 0.6) is 0 Å². The molecule has 2 amide bonds. The predicted molar refractivity (Wildman–Crippen MR) is 86.8 cm³/mol. The summed E-state index contributed by atoms with van der Waals surface area (Å²) in [5.74, 6) is -0.709. The van der Waals surface area contributed by atoms with Crippen LogP contribution in [-0.2, 0) is 4.79 Å². The molecule has 6 nitrogen and oxygen atoms in total. The lowest BCUT2D eigenvalue weighted by Gasteiger charge is -2.24. The second kappa shape index (κ2) is 9.25. The smallest absolute Gasteiger partial charge is 0.252 e. The fraction of sp³-hybridized carbons (Fsp3) is 0.588. The van der Waals surface area contributed by atoms with Crippen LogP contribution in [0.4, 0.5) is 0 Å². The molecule has 0 spiro atoms. The highest BCUT2D eigenvalue weighted by atomic mass is 16.3. The molecule has 1 aromatic heterocycles. The van der Waals surface area contributed by atoms with Gasteiger partial charge in [0.25, 0.3) is 5.91 Å². The molecule has 126 valence electrons. The molecule has 23 heavy (non-hydrogen) atoms. The quantitative estimate of drug-likeness (QED) is 0.765. The first-order chi connectivity index (χ1) is 11.2. The van der Waals surface area contributed by atoms with E-state index < -0.39 is 12.6 Å². The molecular weight excluding hydrogens is 294 g/mol. The Morgan fingerprint density at radius 3 is 2.35 bits per heavy atom. The summed E-state index contributed by atoms with van der Waals surface area (Å²) in [6, 6.07) is 2.34. The zero-order valence-electron chi connectivity index (χ0n) is 13.3. The summed E-state index contributed by atoms with van der Waals surface area (Å²) in [4.78, 5) is 28.2. The third-order valence-electron chi connectivity index (χ3n) is 4.20. The van der Waals surface area contributed by atoms with E-state index in [4.69, 9.17) is 0 Å². The minimum atomic E-state index is -0.930. The van der Waals surface area contributed by atoms with Gasteiger partial charge in [0.05, 0.1) is 6.61 Å². The summed E-state index contributed by atoms with van der Waals surface area (Å²) in [6.07, 6.45) is 10.8. The normalized spacial score (nSPS) is 17.6. The number of aliphatic hydroxyl groups excluding tert-OH is 1. The van der Waals surface area contributed by atoms with E-state index in [2.05, 4.69) is 15.6 Å². The van der Waals surface area contributed by atoms with E-state index in [9.17, 15) is 14.7 Å². The van der Waals surface area contributed by atoms with Crippen molar-refractivity contribution in [1.82, 2.24) is 15.6 Å². The van der Waals surface area contributed by atoms with Crippen LogP contribution in [-0.4, -0.2) is 40.6 Å². The van der Waals surface area contributed by atoms with Crippen molar-refractivity contribution in [3.63, 3.8) is 0 Å². The summed E-state index contributed by atoms with van der Waals surface area (Å²) >= 11 is 0. The topological polar surface area (TPSA) is 91.3 Å². The van der Waals surface area contributed by atoms with Gasteiger partial charge < -0.3 is 15.7 Å². The van der Waals surface area contributed by atoms with Gasteiger partial charge >= 0.3 is 0 Å². The van der Waals surface area contributed by atoms with E-state index in [0.717, 1.165) is 25.7 Å². The lowest BCUT2D eigenvalue weighted by molar-refractivity contribution is -0.124. The average Bonchev–Trinajstić information content (AvgIpc) is 2.55. The third kappa shape index (κ3) is 5.63. The minimum Gasteiger partial charge on any atom is -0.394 e. The number of carbonyl (C=O) groups excluding carboxylic acids is 2. The van der Waals surface area contributed by atoms with Crippen molar-refractivity contribution in [1.29, 1.82) is 0 Å². The maximum absolute atomic E-state index is 12.3. The SMILES string of the molecule is O=C(NC(CO)C(=O)NC1CCCCCCC1)c1ccncc1. The largest absolute Gasteiger partial charge is 0.394 e. The van der Waals surface area contributed by atoms with Crippen LogP contribution in [0, 0.1) is 0 Å². The van der Waals surface area contributed by atoms with Crippen molar-refractivity contribution >= 4 is 11.8 Å². The molecule has 0 aromatic carbocycles. The third-order valence-corrected chi connectivity index (χ3v) is 4.20. The molecule has 1 atom stereocenters. The van der Waals surface area contributed by atoms with Gasteiger partial charge in [0.15, 0.2) is 0 Å². The highest BCUT2D eigenvalue weighted by Gasteiger charge is 2.23. The number of aromatic nitrogens is 1. The van der Waals surface area contributed by atoms with Gasteiger partial charge in [-0.2, -0.15) is 0 Å². The molecule has 0 bridgehead atoms. The number of amides is 2. The summed E-state index contributed by atoms with van der Waals surface area (Å²) < 4.78 is 0. The van der Waals surface area contributed by atoms with E-state index in [1.807, 2.05) is 0 Å². The van der Waals surface area contributed by atoms with Crippen molar-refractivity contribution in [2.45, 2.75) is 57.0 Å². The zero-order valence-corrected chi connectivity index (χ0v) is 13.3. The van der Waals surface area contributed by atoms with Gasteiger partial charge in [-0.25, -0.2) is 0 Å². The van der Waals surface area contributed by atoms with E-state index in [-0.39, 0.29) is 17.9 Å². The van der Waals surface area contributed by atoms with Crippen LogP contribution < -0.4 is 10.6 Å². The summed E-state index contributed by atoms with van der Waals surface area (Å²) in [5, 5.41) is 15.0. The maximum Gasteiger partial charge on any atom is 0.252 e. The molecule has 6 heteroatoms. The second-order valence-electron chi connectivity index (χ2n) is 6.00. The van der Waals surface area contributed by atoms with Gasteiger partial charge in [-0.15, -0.1) is 0 Å². The van der Waals surface area contributed by atoms with Gasteiger partial charge in [0, 0.05) is 24.0 Å². The van der Waals surface area contributed by atoms with Crippen molar-refractivity contribution in [2.75, 3.05) is 6.61 Å². The van der Waals surface area contributed by atoms with Crippen molar-refractivity contribution in [3.05, 3.63) is 30.1 Å². The molecule has 1 saturated carbocycles. The van der Waals surface area contributed by atoms with E-state index in [1.54, 1.807) is 12.1 Å². The number of nitrogens with one attached hydrogen (secondary N) is 2. The predicted octanol–water partition coefficient (Wildman–Crippen LogP) is 1.40. The Balaban J connectivity index is 1.88. The van der Waals surface area contributed by atoms with Gasteiger partial charge in [-0.3, -0.25) is 14.6 Å². The first kappa shape index (κ1) is 17.4. The molecule has 1 unspecified atom stereocenters. The maximum atomic E-state index is 12.3. The Labute approximate surface area is 136 Å². The lowest BCUT2D eigenvalue weighted by Crippen LogP contribution is -2.51. The monoisotopic (exact) mass is 319 g/mol. The Hall–Kier alpha value is -1.95. The van der Waals surface area contributed by atoms with Gasteiger partial charge in [0.1, 0.15) is 6.04 Å². The Kier molecular flexibility index (Phi) is 7.00. The number of rotatable bonds is 5. The van der Waals surface area contributed by atoms with E-state index in [0.29, 0.717) is 5.56 Å². The number of pyridine rings is 1. The van der Waals surface area contributed by atoms with Crippen LogP contribution in [0.3, 0.4) is 0 Å². The first-order valence-electron chi connectivity index (χ1n) is 8.33. The number of aliphatic hydroxyl groups is 1. The summed E-state index contributed by atoms with van der Waals surface area (Å²) in [6.45, 7) is -0.421. The van der Waals surface area contributed by atoms with Gasteiger partial charge in [-0.1, -0.05) is 32.1 Å². The van der Waals surface area contributed by atoms with Crippen molar-refractivity contribution in [3.8, 4) is 0 Å². The van der Waals surface area contributed by atoms with Gasteiger partial charge in [0.2, 0.25) is 5.91 Å². The molecule has 1 aromatic rings. The molecule has 1 aliphatic carbocycles. The molecule has 1 fully saturated rings. The standard InChI is InChI=1S/C17H25N3O3/c21-12-15(20-16(22)13-8-10-18-11-9-13)17(23)19-14-6-4-2-1-3-5-7-14/h8-11,14-15,21H,1-7,12H2,(H,19,23)(H,20,22). The number of hydrogen-bond acceptors (Lipinski definition) is 4. The highest BCUT2D eigenvalue weighted by molar-refractivity contribution is 5.97. The van der Waals surface area contributed by atoms with Crippen LogP contribution >= 0.6 is 0 Å². The Morgan fingerprint density at radius 1 is 1.13 bits per heavy atom. The molecule has 3 N–H and O–H groups in total. The van der Waals surface area contributed by atoms with Crippen LogP contribution in [0.15, 0.2) is 24.5 Å². The minimum absolute atomic E-state index is 0.134. The van der Waals surface area contributed by atoms with Crippen LogP contribution in [0.1, 0.15) is 55.3 Å². The van der Waals surface area contributed by atoms with Gasteiger partial charge in [-0.05, 0) is 25.0 Å². The molecule has 1 aliphatic rings. The van der Waals surface area contributed by atoms with E-state index >= 15 is 0 Å². The lowest BCUT2D eigenvalue weighted by atomic mass is 9.96. The molecular formula is C17H25N3O3. The van der Waals surface area contributed by atoms with Crippen molar-refractivity contribution < 1.29 is 14.7 Å². The van der Waals surface area contributed by atoms with E-state index in [1.165, 1.54) is 31.7 Å². The summed E-state index contributed by atoms with van der Waals surface area (Å²) in [5.41, 5.74) is 0.414. The van der Waals surface area contributed by atoms with Crippen LogP contribution in [0.25, 0.3) is 0 Å². The fourth-order valence-electron chi connectivity index (χ4n) is 2.84. The first-order valence-corrected chi connectivity index (χ1v) is 8.33. The second-order valence-corrected chi connectivity index (χ2v) is 6.00. The number of hydrogen-bond donors (Lipinski definition) is 3.